The number of aryl methyl sites for hydroxylation is 1. The highest BCUT2D eigenvalue weighted by Crippen LogP contribution is 2.24. The van der Waals surface area contributed by atoms with Gasteiger partial charge in [-0.2, -0.15) is 0 Å². The van der Waals surface area contributed by atoms with Gasteiger partial charge in [0.15, 0.2) is 5.17 Å². The van der Waals surface area contributed by atoms with E-state index in [1.165, 1.54) is 6.07 Å². The van der Waals surface area contributed by atoms with Crippen molar-refractivity contribution in [2.45, 2.75) is 26.8 Å². The van der Waals surface area contributed by atoms with Gasteiger partial charge in [-0.15, -0.1) is 0 Å². The lowest BCUT2D eigenvalue weighted by Gasteiger charge is -2.23. The summed E-state index contributed by atoms with van der Waals surface area (Å²) in [6.45, 7) is 6.10. The Labute approximate surface area is 106 Å². The van der Waals surface area contributed by atoms with E-state index in [4.69, 9.17) is 0 Å². The van der Waals surface area contributed by atoms with Crippen molar-refractivity contribution in [3.63, 3.8) is 0 Å². The predicted molar refractivity (Wildman–Crippen MR) is 73.3 cm³/mol. The maximum Gasteiger partial charge on any atom is 0.161 e. The van der Waals surface area contributed by atoms with E-state index in [2.05, 4.69) is 24.2 Å². The topological polar surface area (TPSA) is 24.4 Å². The summed E-state index contributed by atoms with van der Waals surface area (Å²) in [6.07, 6.45) is 0. The molecule has 0 amide bonds. The minimum atomic E-state index is -0.171. The molecule has 1 aliphatic rings. The van der Waals surface area contributed by atoms with Gasteiger partial charge < -0.3 is 5.32 Å². The lowest BCUT2D eigenvalue weighted by molar-refractivity contribution is 0.537. The molecular weight excluding hydrogens is 235 g/mol. The third-order valence-corrected chi connectivity index (χ3v) is 4.21. The number of anilines is 1. The van der Waals surface area contributed by atoms with Gasteiger partial charge in [0.25, 0.3) is 0 Å². The van der Waals surface area contributed by atoms with Crippen molar-refractivity contribution in [3.05, 3.63) is 29.6 Å². The molecule has 1 heterocycles. The summed E-state index contributed by atoms with van der Waals surface area (Å²) in [6, 6.07) is 5.38. The summed E-state index contributed by atoms with van der Waals surface area (Å²) in [7, 11) is 0. The number of thioether (sulfide) groups is 1. The standard InChI is InChI=1S/C13H17FN2S/c1-8-6-11(4-5-12(8)14)16-13-15-10(3)9(2)7-17-13/h4-6,9-10H,7H2,1-3H3,(H,15,16). The van der Waals surface area contributed by atoms with E-state index in [1.54, 1.807) is 30.8 Å². The third kappa shape index (κ3) is 3.00. The average Bonchev–Trinajstić information content (AvgIpc) is 2.29. The zero-order valence-electron chi connectivity index (χ0n) is 10.3. The molecule has 2 atom stereocenters. The molecule has 0 bridgehead atoms. The molecule has 92 valence electrons. The summed E-state index contributed by atoms with van der Waals surface area (Å²) in [5.41, 5.74) is 1.55. The number of hydrogen-bond acceptors (Lipinski definition) is 3. The fraction of sp³-hybridized carbons (Fsp3) is 0.462. The van der Waals surface area contributed by atoms with Crippen molar-refractivity contribution in [1.82, 2.24) is 0 Å². The molecule has 0 aliphatic carbocycles. The molecule has 1 N–H and O–H groups in total. The van der Waals surface area contributed by atoms with Gasteiger partial charge in [-0.1, -0.05) is 18.7 Å². The molecule has 0 radical (unpaired) electrons. The van der Waals surface area contributed by atoms with E-state index >= 15 is 0 Å². The van der Waals surface area contributed by atoms with E-state index in [0.717, 1.165) is 16.6 Å². The van der Waals surface area contributed by atoms with Crippen LogP contribution in [0.3, 0.4) is 0 Å². The van der Waals surface area contributed by atoms with Gasteiger partial charge in [0.1, 0.15) is 5.82 Å². The monoisotopic (exact) mass is 252 g/mol. The van der Waals surface area contributed by atoms with Crippen LogP contribution in [0.4, 0.5) is 10.1 Å². The van der Waals surface area contributed by atoms with Gasteiger partial charge >= 0.3 is 0 Å². The van der Waals surface area contributed by atoms with Crippen molar-refractivity contribution in [3.8, 4) is 0 Å². The highest BCUT2D eigenvalue weighted by molar-refractivity contribution is 8.14. The molecule has 4 heteroatoms. The smallest absolute Gasteiger partial charge is 0.161 e. The Morgan fingerprint density at radius 3 is 2.82 bits per heavy atom. The van der Waals surface area contributed by atoms with Crippen LogP contribution in [0, 0.1) is 18.7 Å². The Morgan fingerprint density at radius 2 is 2.18 bits per heavy atom. The summed E-state index contributed by atoms with van der Waals surface area (Å²) in [5, 5.41) is 4.18. The molecule has 0 fully saturated rings. The van der Waals surface area contributed by atoms with Crippen LogP contribution in [0.15, 0.2) is 23.2 Å². The fourth-order valence-corrected chi connectivity index (χ4v) is 2.74. The first-order valence-corrected chi connectivity index (χ1v) is 6.78. The summed E-state index contributed by atoms with van der Waals surface area (Å²) >= 11 is 1.73. The van der Waals surface area contributed by atoms with Gasteiger partial charge in [-0.25, -0.2) is 4.39 Å². The normalized spacial score (nSPS) is 24.4. The number of aliphatic imine (C=N–C) groups is 1. The molecule has 0 spiro atoms. The van der Waals surface area contributed by atoms with Gasteiger partial charge in [-0.3, -0.25) is 4.99 Å². The third-order valence-electron chi connectivity index (χ3n) is 3.04. The first-order valence-electron chi connectivity index (χ1n) is 5.80. The number of hydrogen-bond donors (Lipinski definition) is 1. The van der Waals surface area contributed by atoms with Gasteiger partial charge in [-0.05, 0) is 43.5 Å². The predicted octanol–water partition coefficient (Wildman–Crippen LogP) is 3.67. The number of benzene rings is 1. The second kappa shape index (κ2) is 5.08. The molecule has 2 unspecified atom stereocenters. The minimum Gasteiger partial charge on any atom is -0.335 e. The van der Waals surface area contributed by atoms with Crippen molar-refractivity contribution < 1.29 is 4.39 Å². The Kier molecular flexibility index (Phi) is 3.72. The van der Waals surface area contributed by atoms with Crippen LogP contribution in [-0.2, 0) is 0 Å². The first kappa shape index (κ1) is 12.4. The lowest BCUT2D eigenvalue weighted by Crippen LogP contribution is -2.25. The zero-order chi connectivity index (χ0) is 12.4. The molecule has 1 aliphatic heterocycles. The molecule has 2 nitrogen and oxygen atoms in total. The summed E-state index contributed by atoms with van der Waals surface area (Å²) in [5.74, 6) is 1.52. The van der Waals surface area contributed by atoms with Crippen LogP contribution >= 0.6 is 11.8 Å². The van der Waals surface area contributed by atoms with Crippen LogP contribution in [0.25, 0.3) is 0 Å². The molecule has 17 heavy (non-hydrogen) atoms. The molecule has 0 saturated carbocycles. The quantitative estimate of drug-likeness (QED) is 0.824. The minimum absolute atomic E-state index is 0.171. The van der Waals surface area contributed by atoms with E-state index < -0.39 is 0 Å². The van der Waals surface area contributed by atoms with E-state index in [-0.39, 0.29) is 5.82 Å². The number of rotatable bonds is 1. The van der Waals surface area contributed by atoms with E-state index in [0.29, 0.717) is 17.5 Å². The van der Waals surface area contributed by atoms with Crippen LogP contribution in [0.5, 0.6) is 0 Å². The summed E-state index contributed by atoms with van der Waals surface area (Å²) < 4.78 is 13.1. The maximum atomic E-state index is 13.1. The first-order chi connectivity index (χ1) is 8.06. The average molecular weight is 252 g/mol. The van der Waals surface area contributed by atoms with Crippen LogP contribution in [0.2, 0.25) is 0 Å². The lowest BCUT2D eigenvalue weighted by atomic mass is 10.1. The van der Waals surface area contributed by atoms with Gasteiger partial charge in [0, 0.05) is 11.4 Å². The fourth-order valence-electron chi connectivity index (χ4n) is 1.61. The highest BCUT2D eigenvalue weighted by atomic mass is 32.2. The van der Waals surface area contributed by atoms with Crippen LogP contribution in [0.1, 0.15) is 19.4 Å². The van der Waals surface area contributed by atoms with Crippen LogP contribution in [-0.4, -0.2) is 17.0 Å². The molecule has 0 saturated heterocycles. The SMILES string of the molecule is Cc1cc(NC2=NC(C)C(C)CS2)ccc1F. The summed E-state index contributed by atoms with van der Waals surface area (Å²) in [4.78, 5) is 4.59. The zero-order valence-corrected chi connectivity index (χ0v) is 11.1. The second-order valence-electron chi connectivity index (χ2n) is 4.55. The van der Waals surface area contributed by atoms with Crippen molar-refractivity contribution in [2.24, 2.45) is 10.9 Å². The van der Waals surface area contributed by atoms with Gasteiger partial charge in [0.2, 0.25) is 0 Å². The Hall–Kier alpha value is -1.03. The molecule has 1 aromatic carbocycles. The Morgan fingerprint density at radius 1 is 1.41 bits per heavy atom. The molecule has 1 aromatic rings. The second-order valence-corrected chi connectivity index (χ2v) is 5.56. The van der Waals surface area contributed by atoms with Gasteiger partial charge in [0.05, 0.1) is 6.04 Å². The van der Waals surface area contributed by atoms with Crippen molar-refractivity contribution >= 4 is 22.6 Å². The molecule has 2 rings (SSSR count). The van der Waals surface area contributed by atoms with E-state index in [9.17, 15) is 4.39 Å². The number of nitrogens with one attached hydrogen (secondary N) is 1. The largest absolute Gasteiger partial charge is 0.335 e. The number of nitrogens with zero attached hydrogens (tertiary/aromatic N) is 1. The number of amidine groups is 1. The molecule has 0 aromatic heterocycles. The highest BCUT2D eigenvalue weighted by Gasteiger charge is 2.19. The number of halogens is 1. The van der Waals surface area contributed by atoms with E-state index in [1.807, 2.05) is 0 Å². The van der Waals surface area contributed by atoms with Crippen molar-refractivity contribution in [2.75, 3.05) is 11.1 Å². The van der Waals surface area contributed by atoms with Crippen molar-refractivity contribution in [1.29, 1.82) is 0 Å². The van der Waals surface area contributed by atoms with Crippen LogP contribution < -0.4 is 5.32 Å². The Balaban J connectivity index is 2.11. The molecular formula is C13H17FN2S. The Bertz CT molecular complexity index is 445. The maximum absolute atomic E-state index is 13.1.